The molecule has 1 aromatic carbocycles. The molecule has 2 heterocycles. The van der Waals surface area contributed by atoms with Gasteiger partial charge in [-0.2, -0.15) is 0 Å². The van der Waals surface area contributed by atoms with Crippen LogP contribution >= 0.6 is 0 Å². The molecule has 0 aliphatic carbocycles. The molecule has 0 fully saturated rings. The van der Waals surface area contributed by atoms with E-state index in [1.165, 1.54) is 12.1 Å². The maximum atomic E-state index is 13.6. The van der Waals surface area contributed by atoms with Crippen LogP contribution in [0.3, 0.4) is 0 Å². The van der Waals surface area contributed by atoms with Gasteiger partial charge in [0.2, 0.25) is 0 Å². The first kappa shape index (κ1) is 20.1. The number of aromatic amines is 1. The van der Waals surface area contributed by atoms with Crippen LogP contribution in [0.5, 0.6) is 0 Å². The molecule has 150 valence electrons. The van der Waals surface area contributed by atoms with Crippen molar-refractivity contribution in [2.24, 2.45) is 0 Å². The lowest BCUT2D eigenvalue weighted by molar-refractivity contribution is 0.0946. The van der Waals surface area contributed by atoms with Crippen LogP contribution in [-0.2, 0) is 6.42 Å². The number of hydrogen-bond donors (Lipinski definition) is 3. The molecular weight excluding hydrogens is 380 g/mol. The number of carbonyl (C=O) groups is 1. The highest BCUT2D eigenvalue weighted by atomic mass is 19.1. The van der Waals surface area contributed by atoms with Crippen molar-refractivity contribution in [1.29, 1.82) is 0 Å². The number of aryl methyl sites for hydroxylation is 1. The van der Waals surface area contributed by atoms with E-state index in [1.807, 2.05) is 6.92 Å². The molecule has 1 amide bonds. The molecule has 0 unspecified atom stereocenters. The van der Waals surface area contributed by atoms with E-state index in [1.54, 1.807) is 18.3 Å². The molecule has 7 nitrogen and oxygen atoms in total. The highest BCUT2D eigenvalue weighted by molar-refractivity contribution is 5.94. The van der Waals surface area contributed by atoms with Gasteiger partial charge in [0.15, 0.2) is 0 Å². The summed E-state index contributed by atoms with van der Waals surface area (Å²) in [6.45, 7) is 2.36. The van der Waals surface area contributed by atoms with Gasteiger partial charge >= 0.3 is 0 Å². The van der Waals surface area contributed by atoms with Crippen molar-refractivity contribution in [1.82, 2.24) is 20.3 Å². The average molecular weight is 399 g/mol. The smallest absolute Gasteiger partial charge is 0.257 e. The summed E-state index contributed by atoms with van der Waals surface area (Å²) in [7, 11) is 0. The summed E-state index contributed by atoms with van der Waals surface area (Å²) in [6.07, 6.45) is 2.21. The number of hydrogen-bond acceptors (Lipinski definition) is 5. The fourth-order valence-electron chi connectivity index (χ4n) is 2.63. The summed E-state index contributed by atoms with van der Waals surface area (Å²) in [5.74, 6) is -1.67. The van der Waals surface area contributed by atoms with Gasteiger partial charge in [0.25, 0.3) is 11.5 Å². The van der Waals surface area contributed by atoms with Crippen molar-refractivity contribution < 1.29 is 13.6 Å². The zero-order chi connectivity index (χ0) is 20.8. The average Bonchev–Trinajstić information content (AvgIpc) is 2.71. The maximum Gasteiger partial charge on any atom is 0.257 e. The van der Waals surface area contributed by atoms with Gasteiger partial charge < -0.3 is 15.6 Å². The Morgan fingerprint density at radius 3 is 2.55 bits per heavy atom. The molecule has 0 radical (unpaired) electrons. The lowest BCUT2D eigenvalue weighted by Crippen LogP contribution is -2.30. The van der Waals surface area contributed by atoms with Crippen LogP contribution in [0.1, 0.15) is 23.0 Å². The van der Waals surface area contributed by atoms with Crippen molar-refractivity contribution in [3.63, 3.8) is 0 Å². The molecule has 0 aliphatic heterocycles. The van der Waals surface area contributed by atoms with Gasteiger partial charge in [-0.3, -0.25) is 9.59 Å². The third-order valence-electron chi connectivity index (χ3n) is 4.10. The Bertz CT molecular complexity index is 1050. The Morgan fingerprint density at radius 1 is 1.14 bits per heavy atom. The number of pyridine rings is 1. The zero-order valence-electron chi connectivity index (χ0n) is 15.6. The zero-order valence-corrected chi connectivity index (χ0v) is 15.6. The van der Waals surface area contributed by atoms with Gasteiger partial charge in [0, 0.05) is 36.6 Å². The minimum absolute atomic E-state index is 0.142. The van der Waals surface area contributed by atoms with Crippen LogP contribution in [0, 0.1) is 11.6 Å². The van der Waals surface area contributed by atoms with E-state index in [9.17, 15) is 18.4 Å². The third kappa shape index (κ3) is 5.01. The number of H-pyrrole nitrogens is 1. The SMILES string of the molecule is CCc1cc(=O)[nH]c(-c2ccc(NCCNC(=O)c3c(F)cccc3F)nc2)n1. The molecule has 0 bridgehead atoms. The van der Waals surface area contributed by atoms with Crippen molar-refractivity contribution in [3.8, 4) is 11.4 Å². The van der Waals surface area contributed by atoms with Crippen molar-refractivity contribution in [3.05, 3.63) is 75.8 Å². The second-order valence-electron chi connectivity index (χ2n) is 6.15. The molecule has 3 rings (SSSR count). The highest BCUT2D eigenvalue weighted by Crippen LogP contribution is 2.15. The van der Waals surface area contributed by atoms with Crippen LogP contribution in [0.25, 0.3) is 11.4 Å². The summed E-state index contributed by atoms with van der Waals surface area (Å²) in [5, 5.41) is 5.44. The molecule has 3 aromatic rings. The number of carbonyl (C=O) groups excluding carboxylic acids is 1. The van der Waals surface area contributed by atoms with Crippen LogP contribution in [0.15, 0.2) is 47.4 Å². The Hall–Kier alpha value is -3.62. The highest BCUT2D eigenvalue weighted by Gasteiger charge is 2.16. The van der Waals surface area contributed by atoms with Crippen LogP contribution in [0.2, 0.25) is 0 Å². The standard InChI is InChI=1S/C20H19F2N5O2/c1-2-13-10-17(28)27-19(26-13)12-6-7-16(25-11-12)23-8-9-24-20(29)18-14(21)4-3-5-15(18)22/h3-7,10-11H,2,8-9H2,1H3,(H,23,25)(H,24,29)(H,26,27,28). The molecule has 0 saturated carbocycles. The first-order valence-electron chi connectivity index (χ1n) is 9.00. The molecule has 3 N–H and O–H groups in total. The van der Waals surface area contributed by atoms with Gasteiger partial charge in [-0.25, -0.2) is 18.7 Å². The van der Waals surface area contributed by atoms with E-state index in [2.05, 4.69) is 25.6 Å². The van der Waals surface area contributed by atoms with Crippen LogP contribution < -0.4 is 16.2 Å². The van der Waals surface area contributed by atoms with Gasteiger partial charge in [0.05, 0.1) is 0 Å². The Morgan fingerprint density at radius 2 is 1.90 bits per heavy atom. The Labute approximate surface area is 165 Å². The lowest BCUT2D eigenvalue weighted by Gasteiger charge is -2.09. The third-order valence-corrected chi connectivity index (χ3v) is 4.10. The summed E-state index contributed by atoms with van der Waals surface area (Å²) >= 11 is 0. The monoisotopic (exact) mass is 399 g/mol. The number of nitrogens with one attached hydrogen (secondary N) is 3. The quantitative estimate of drug-likeness (QED) is 0.530. The summed E-state index contributed by atoms with van der Waals surface area (Å²) in [4.78, 5) is 34.9. The first-order valence-corrected chi connectivity index (χ1v) is 9.00. The van der Waals surface area contributed by atoms with E-state index in [0.717, 1.165) is 12.1 Å². The molecule has 0 aliphatic rings. The van der Waals surface area contributed by atoms with E-state index >= 15 is 0 Å². The molecule has 0 atom stereocenters. The van der Waals surface area contributed by atoms with Gasteiger partial charge in [-0.15, -0.1) is 0 Å². The number of benzene rings is 1. The number of amides is 1. The van der Waals surface area contributed by atoms with Crippen molar-refractivity contribution >= 4 is 11.7 Å². The van der Waals surface area contributed by atoms with Crippen LogP contribution in [0.4, 0.5) is 14.6 Å². The first-order chi connectivity index (χ1) is 14.0. The molecule has 9 heteroatoms. The predicted molar refractivity (Wildman–Crippen MR) is 105 cm³/mol. The predicted octanol–water partition coefficient (Wildman–Crippen LogP) is 2.51. The van der Waals surface area contributed by atoms with Crippen molar-refractivity contribution in [2.45, 2.75) is 13.3 Å². The number of nitrogens with zero attached hydrogens (tertiary/aromatic N) is 2. The lowest BCUT2D eigenvalue weighted by atomic mass is 10.2. The maximum absolute atomic E-state index is 13.6. The molecule has 29 heavy (non-hydrogen) atoms. The van der Waals surface area contributed by atoms with Gasteiger partial charge in [0.1, 0.15) is 28.8 Å². The molecule has 0 spiro atoms. The minimum Gasteiger partial charge on any atom is -0.368 e. The van der Waals surface area contributed by atoms with Crippen LogP contribution in [-0.4, -0.2) is 33.9 Å². The number of rotatable bonds is 7. The fourth-order valence-corrected chi connectivity index (χ4v) is 2.63. The Kier molecular flexibility index (Phi) is 6.28. The number of halogens is 2. The van der Waals surface area contributed by atoms with Crippen molar-refractivity contribution in [2.75, 3.05) is 18.4 Å². The van der Waals surface area contributed by atoms with E-state index in [-0.39, 0.29) is 12.1 Å². The topological polar surface area (TPSA) is 99.8 Å². The second-order valence-corrected chi connectivity index (χ2v) is 6.15. The molecule has 2 aromatic heterocycles. The molecular formula is C20H19F2N5O2. The van der Waals surface area contributed by atoms with E-state index < -0.39 is 23.1 Å². The number of aromatic nitrogens is 3. The largest absolute Gasteiger partial charge is 0.368 e. The van der Waals surface area contributed by atoms with Gasteiger partial charge in [-0.1, -0.05) is 13.0 Å². The minimum atomic E-state index is -0.911. The molecule has 0 saturated heterocycles. The summed E-state index contributed by atoms with van der Waals surface area (Å²) in [5.41, 5.74) is 0.515. The second kappa shape index (κ2) is 9.05. The number of anilines is 1. The Balaban J connectivity index is 1.55. The summed E-state index contributed by atoms with van der Waals surface area (Å²) < 4.78 is 27.1. The summed E-state index contributed by atoms with van der Waals surface area (Å²) in [6, 6.07) is 8.16. The van der Waals surface area contributed by atoms with E-state index in [4.69, 9.17) is 0 Å². The van der Waals surface area contributed by atoms with Gasteiger partial charge in [-0.05, 0) is 30.7 Å². The van der Waals surface area contributed by atoms with E-state index in [0.29, 0.717) is 35.9 Å². The normalized spacial score (nSPS) is 10.6. The fraction of sp³-hybridized carbons (Fsp3) is 0.200.